The maximum absolute atomic E-state index is 13.2. The Bertz CT molecular complexity index is 1670. The van der Waals surface area contributed by atoms with E-state index in [2.05, 4.69) is 27.8 Å². The van der Waals surface area contributed by atoms with Crippen LogP contribution in [0.2, 0.25) is 0 Å². The molecule has 6 rings (SSSR count). The summed E-state index contributed by atoms with van der Waals surface area (Å²) in [5.41, 5.74) is 6.53. The van der Waals surface area contributed by atoms with Crippen LogP contribution in [0.3, 0.4) is 0 Å². The molecule has 2 heterocycles. The molecule has 2 amide bonds. The van der Waals surface area contributed by atoms with Crippen LogP contribution in [0.15, 0.2) is 79.0 Å². The van der Waals surface area contributed by atoms with Crippen LogP contribution in [0, 0.1) is 0 Å². The van der Waals surface area contributed by atoms with Crippen molar-refractivity contribution in [2.24, 2.45) is 0 Å². The first-order valence-corrected chi connectivity index (χ1v) is 16.7. The summed E-state index contributed by atoms with van der Waals surface area (Å²) in [6.45, 7) is 0.870. The fourth-order valence-corrected chi connectivity index (χ4v) is 6.91. The number of para-hydroxylation sites is 1. The van der Waals surface area contributed by atoms with E-state index in [0.717, 1.165) is 45.1 Å². The van der Waals surface area contributed by atoms with Gasteiger partial charge in [-0.25, -0.2) is 9.36 Å². The molecule has 1 saturated heterocycles. The number of phosphoric acid groups is 1. The molecule has 1 aromatic heterocycles. The summed E-state index contributed by atoms with van der Waals surface area (Å²) in [6, 6.07) is 22.8. The van der Waals surface area contributed by atoms with Gasteiger partial charge < -0.3 is 30.1 Å². The number of nitrogens with zero attached hydrogens (tertiary/aromatic N) is 1. The van der Waals surface area contributed by atoms with Gasteiger partial charge in [0.1, 0.15) is 6.61 Å². The molecule has 45 heavy (non-hydrogen) atoms. The van der Waals surface area contributed by atoms with Crippen LogP contribution < -0.4 is 10.6 Å². The molecule has 236 valence electrons. The molecule has 12 heteroatoms. The molecular formula is C33H37N4O7P. The molecule has 5 N–H and O–H groups in total. The lowest BCUT2D eigenvalue weighted by Gasteiger charge is -2.28. The lowest BCUT2D eigenvalue weighted by Crippen LogP contribution is -2.51. The fraction of sp³-hybridized carbons (Fsp3) is 0.333. The number of ether oxygens (including phenoxy) is 1. The van der Waals surface area contributed by atoms with Gasteiger partial charge in [0.2, 0.25) is 5.91 Å². The number of hydrogen-bond acceptors (Lipinski definition) is 6. The van der Waals surface area contributed by atoms with E-state index in [0.29, 0.717) is 25.9 Å². The van der Waals surface area contributed by atoms with Crippen molar-refractivity contribution in [1.82, 2.24) is 20.5 Å². The van der Waals surface area contributed by atoms with Crippen molar-refractivity contribution in [3.8, 4) is 11.1 Å². The van der Waals surface area contributed by atoms with Gasteiger partial charge in [-0.1, -0.05) is 66.7 Å². The molecule has 0 radical (unpaired) electrons. The number of likely N-dealkylation sites (tertiary alicyclic amines) is 1. The summed E-state index contributed by atoms with van der Waals surface area (Å²) in [4.78, 5) is 50.0. The van der Waals surface area contributed by atoms with Gasteiger partial charge in [-0.15, -0.1) is 0 Å². The van der Waals surface area contributed by atoms with Crippen LogP contribution in [0.1, 0.15) is 35.4 Å². The predicted molar refractivity (Wildman–Crippen MR) is 170 cm³/mol. The minimum atomic E-state index is -4.80. The third-order valence-corrected chi connectivity index (χ3v) is 9.08. The number of alkyl carbamates (subject to hydrolysis) is 1. The SMILES string of the molecule is O=C(N[C@@H](COP(=O)(O)O)CN1CCC[C@H]1C(=O)NCCc1c[nH]c2ccccc12)OCC1c2ccccc2-c2ccccc21. The summed E-state index contributed by atoms with van der Waals surface area (Å²) < 4.78 is 21.9. The zero-order valence-electron chi connectivity index (χ0n) is 24.7. The molecule has 4 aromatic rings. The Hall–Kier alpha value is -3.99. The maximum Gasteiger partial charge on any atom is 0.469 e. The van der Waals surface area contributed by atoms with E-state index in [9.17, 15) is 23.9 Å². The Morgan fingerprint density at radius 1 is 1.00 bits per heavy atom. The molecule has 0 bridgehead atoms. The Balaban J connectivity index is 1.06. The van der Waals surface area contributed by atoms with Crippen molar-refractivity contribution in [3.63, 3.8) is 0 Å². The highest BCUT2D eigenvalue weighted by molar-refractivity contribution is 7.46. The number of carbonyl (C=O) groups is 2. The number of phosphoric ester groups is 1. The van der Waals surface area contributed by atoms with Crippen molar-refractivity contribution < 1.29 is 33.2 Å². The minimum Gasteiger partial charge on any atom is -0.449 e. The number of benzene rings is 3. The van der Waals surface area contributed by atoms with E-state index in [4.69, 9.17) is 9.26 Å². The van der Waals surface area contributed by atoms with Crippen molar-refractivity contribution >= 4 is 30.7 Å². The predicted octanol–water partition coefficient (Wildman–Crippen LogP) is 4.31. The molecule has 0 unspecified atom stereocenters. The molecule has 11 nitrogen and oxygen atoms in total. The normalized spacial score (nSPS) is 17.2. The van der Waals surface area contributed by atoms with E-state index >= 15 is 0 Å². The highest BCUT2D eigenvalue weighted by Crippen LogP contribution is 2.44. The summed E-state index contributed by atoms with van der Waals surface area (Å²) in [5, 5.41) is 6.88. The van der Waals surface area contributed by atoms with Gasteiger partial charge in [0.05, 0.1) is 18.7 Å². The molecule has 2 atom stereocenters. The van der Waals surface area contributed by atoms with Crippen LogP contribution in [-0.4, -0.2) is 76.6 Å². The van der Waals surface area contributed by atoms with Crippen molar-refractivity contribution in [3.05, 3.63) is 95.7 Å². The number of fused-ring (bicyclic) bond motifs is 4. The fourth-order valence-electron chi connectivity index (χ4n) is 6.54. The van der Waals surface area contributed by atoms with E-state index in [-0.39, 0.29) is 25.0 Å². The first-order chi connectivity index (χ1) is 21.8. The molecule has 1 fully saturated rings. The summed E-state index contributed by atoms with van der Waals surface area (Å²) >= 11 is 0. The van der Waals surface area contributed by atoms with Crippen LogP contribution in [-0.2, 0) is 25.0 Å². The summed E-state index contributed by atoms with van der Waals surface area (Å²) in [6.07, 6.45) is 3.31. The van der Waals surface area contributed by atoms with Crippen LogP contribution in [0.4, 0.5) is 4.79 Å². The Kier molecular flexibility index (Phi) is 9.34. The van der Waals surface area contributed by atoms with Gasteiger partial charge in [0, 0.05) is 36.1 Å². The molecule has 3 aromatic carbocycles. The summed E-state index contributed by atoms with van der Waals surface area (Å²) in [7, 11) is -4.80. The summed E-state index contributed by atoms with van der Waals surface area (Å²) in [5.74, 6) is -0.257. The average molecular weight is 633 g/mol. The zero-order chi connectivity index (χ0) is 31.4. The van der Waals surface area contributed by atoms with Crippen molar-refractivity contribution in [1.29, 1.82) is 0 Å². The number of carbonyl (C=O) groups excluding carboxylic acids is 2. The molecule has 0 spiro atoms. The highest BCUT2D eigenvalue weighted by atomic mass is 31.2. The van der Waals surface area contributed by atoms with E-state index in [1.165, 1.54) is 0 Å². The lowest BCUT2D eigenvalue weighted by molar-refractivity contribution is -0.125. The van der Waals surface area contributed by atoms with Crippen LogP contribution in [0.25, 0.3) is 22.0 Å². The maximum atomic E-state index is 13.2. The standard InChI is InChI=1S/C33H37N4O7P/c38-32(34-16-15-22-18-35-30-13-6-5-8-24(22)30)31-14-7-17-37(31)19-23(20-44-45(40,41)42)36-33(39)43-21-29-27-11-3-1-9-25(27)26-10-2-4-12-28(26)29/h1-6,8-13,18,23,29,31,35H,7,14-17,19-21H2,(H,34,38)(H,36,39)(H2,40,41,42)/t23-,31+/m1/s1. The molecular weight excluding hydrogens is 595 g/mol. The number of amides is 2. The van der Waals surface area contributed by atoms with Gasteiger partial charge in [-0.05, 0) is 59.7 Å². The third-order valence-electron chi connectivity index (χ3n) is 8.60. The monoisotopic (exact) mass is 632 g/mol. The van der Waals surface area contributed by atoms with Crippen molar-refractivity contribution in [2.45, 2.75) is 37.3 Å². The number of hydrogen-bond donors (Lipinski definition) is 5. The first-order valence-electron chi connectivity index (χ1n) is 15.1. The molecule has 1 aliphatic carbocycles. The average Bonchev–Trinajstić information content (AvgIpc) is 3.75. The molecule has 1 aliphatic heterocycles. The number of nitrogens with one attached hydrogen (secondary N) is 3. The lowest BCUT2D eigenvalue weighted by atomic mass is 9.98. The largest absolute Gasteiger partial charge is 0.469 e. The van der Waals surface area contributed by atoms with E-state index < -0.39 is 32.6 Å². The second-order valence-electron chi connectivity index (χ2n) is 11.5. The second-order valence-corrected chi connectivity index (χ2v) is 12.7. The number of aromatic nitrogens is 1. The number of aromatic amines is 1. The molecule has 0 saturated carbocycles. The molecule has 2 aliphatic rings. The highest BCUT2D eigenvalue weighted by Gasteiger charge is 2.34. The van der Waals surface area contributed by atoms with Gasteiger partial charge in [-0.3, -0.25) is 14.2 Å². The van der Waals surface area contributed by atoms with Gasteiger partial charge >= 0.3 is 13.9 Å². The first kappa shape index (κ1) is 31.0. The van der Waals surface area contributed by atoms with E-state index in [1.54, 1.807) is 0 Å². The number of H-pyrrole nitrogens is 1. The zero-order valence-corrected chi connectivity index (χ0v) is 25.6. The van der Waals surface area contributed by atoms with Gasteiger partial charge in [0.25, 0.3) is 0 Å². The van der Waals surface area contributed by atoms with Gasteiger partial charge in [-0.2, -0.15) is 0 Å². The Morgan fingerprint density at radius 3 is 2.42 bits per heavy atom. The van der Waals surface area contributed by atoms with E-state index in [1.807, 2.05) is 71.8 Å². The smallest absolute Gasteiger partial charge is 0.449 e. The van der Waals surface area contributed by atoms with Crippen LogP contribution in [0.5, 0.6) is 0 Å². The van der Waals surface area contributed by atoms with Crippen molar-refractivity contribution in [2.75, 3.05) is 32.8 Å². The minimum absolute atomic E-state index is 0.0943. The Labute approximate surface area is 261 Å². The topological polar surface area (TPSA) is 153 Å². The quantitative estimate of drug-likeness (QED) is 0.145. The van der Waals surface area contributed by atoms with Gasteiger partial charge in [0.15, 0.2) is 0 Å². The Morgan fingerprint density at radius 2 is 1.69 bits per heavy atom. The second kappa shape index (κ2) is 13.6. The van der Waals surface area contributed by atoms with Crippen LogP contribution >= 0.6 is 7.82 Å². The third kappa shape index (κ3) is 7.30. The number of rotatable bonds is 12.